The van der Waals surface area contributed by atoms with E-state index < -0.39 is 5.41 Å². The third-order valence-electron chi connectivity index (χ3n) is 3.10. The van der Waals surface area contributed by atoms with Gasteiger partial charge in [-0.05, 0) is 30.5 Å². The van der Waals surface area contributed by atoms with E-state index in [0.29, 0.717) is 5.02 Å². The Labute approximate surface area is 99.9 Å². The monoisotopic (exact) mass is 239 g/mol. The molecule has 0 bridgehead atoms. The summed E-state index contributed by atoms with van der Waals surface area (Å²) in [5, 5.41) is 1.95. The molecule has 0 heterocycles. The summed E-state index contributed by atoms with van der Waals surface area (Å²) in [5.74, 6) is -0.00253. The van der Waals surface area contributed by atoms with Crippen molar-refractivity contribution in [3.63, 3.8) is 0 Å². The van der Waals surface area contributed by atoms with E-state index in [9.17, 15) is 4.79 Å². The molecular formula is C12H14ClNO2. The first kappa shape index (κ1) is 11.4. The highest BCUT2D eigenvalue weighted by Crippen LogP contribution is 2.49. The molecule has 4 heteroatoms. The summed E-state index contributed by atoms with van der Waals surface area (Å²) in [5.41, 5.74) is 0.573. The number of halogens is 1. The lowest BCUT2D eigenvalue weighted by molar-refractivity contribution is -0.171. The van der Waals surface area contributed by atoms with Crippen molar-refractivity contribution in [2.75, 3.05) is 14.2 Å². The molecule has 0 saturated heterocycles. The number of carbonyl (C=O) groups excluding carboxylic acids is 1. The van der Waals surface area contributed by atoms with Crippen LogP contribution in [0.2, 0.25) is 5.02 Å². The van der Waals surface area contributed by atoms with Crippen LogP contribution in [0.1, 0.15) is 18.4 Å². The quantitative estimate of drug-likeness (QED) is 0.758. The Kier molecular flexibility index (Phi) is 2.91. The minimum atomic E-state index is -0.407. The van der Waals surface area contributed by atoms with Gasteiger partial charge in [-0.25, -0.2) is 5.06 Å². The molecule has 16 heavy (non-hydrogen) atoms. The number of likely N-dealkylation sites (N-methyl/N-ethyl adjacent to an activating group) is 1. The number of hydrogen-bond acceptors (Lipinski definition) is 2. The van der Waals surface area contributed by atoms with Crippen LogP contribution in [-0.4, -0.2) is 25.1 Å². The molecule has 0 N–H and O–H groups in total. The molecule has 1 saturated carbocycles. The zero-order valence-corrected chi connectivity index (χ0v) is 10.1. The number of hydroxylamine groups is 2. The Morgan fingerprint density at radius 1 is 1.50 bits per heavy atom. The second-order valence-corrected chi connectivity index (χ2v) is 4.51. The molecule has 3 nitrogen and oxygen atoms in total. The van der Waals surface area contributed by atoms with Crippen molar-refractivity contribution >= 4 is 17.5 Å². The van der Waals surface area contributed by atoms with E-state index in [2.05, 4.69) is 0 Å². The fraction of sp³-hybridized carbons (Fsp3) is 0.417. The Morgan fingerprint density at radius 3 is 2.69 bits per heavy atom. The number of hydrogen-bond donors (Lipinski definition) is 0. The van der Waals surface area contributed by atoms with Crippen LogP contribution in [0.5, 0.6) is 0 Å². The number of carbonyl (C=O) groups is 1. The van der Waals surface area contributed by atoms with Crippen molar-refractivity contribution < 1.29 is 9.63 Å². The minimum absolute atomic E-state index is 0.00253. The smallest absolute Gasteiger partial charge is 0.256 e. The summed E-state index contributed by atoms with van der Waals surface area (Å²) in [4.78, 5) is 17.1. The Hall–Kier alpha value is -1.06. The number of rotatable bonds is 3. The first-order valence-electron chi connectivity index (χ1n) is 5.18. The zero-order chi connectivity index (χ0) is 11.8. The van der Waals surface area contributed by atoms with Gasteiger partial charge in [-0.15, -0.1) is 0 Å². The first-order chi connectivity index (χ1) is 7.60. The summed E-state index contributed by atoms with van der Waals surface area (Å²) in [6.45, 7) is 0. The molecule has 1 fully saturated rings. The Balaban J connectivity index is 2.30. The SMILES string of the molecule is CON(C)C(=O)C1(c2cccc(Cl)c2)CC1. The van der Waals surface area contributed by atoms with E-state index in [0.717, 1.165) is 18.4 Å². The van der Waals surface area contributed by atoms with E-state index in [4.69, 9.17) is 16.4 Å². The molecule has 0 atom stereocenters. The van der Waals surface area contributed by atoms with Gasteiger partial charge >= 0.3 is 0 Å². The van der Waals surface area contributed by atoms with Crippen molar-refractivity contribution in [1.29, 1.82) is 0 Å². The second-order valence-electron chi connectivity index (χ2n) is 4.08. The average Bonchev–Trinajstić information content (AvgIpc) is 3.08. The summed E-state index contributed by atoms with van der Waals surface area (Å²) < 4.78 is 0. The van der Waals surface area contributed by atoms with Gasteiger partial charge in [-0.1, -0.05) is 23.7 Å². The van der Waals surface area contributed by atoms with Crippen molar-refractivity contribution in [1.82, 2.24) is 5.06 Å². The van der Waals surface area contributed by atoms with Gasteiger partial charge < -0.3 is 0 Å². The molecule has 0 spiro atoms. The fourth-order valence-electron chi connectivity index (χ4n) is 1.92. The van der Waals surface area contributed by atoms with Gasteiger partial charge in [0, 0.05) is 12.1 Å². The molecule has 1 aliphatic carbocycles. The Bertz CT molecular complexity index is 415. The van der Waals surface area contributed by atoms with E-state index in [1.807, 2.05) is 24.3 Å². The lowest BCUT2D eigenvalue weighted by Gasteiger charge is -2.21. The highest BCUT2D eigenvalue weighted by Gasteiger charge is 2.52. The van der Waals surface area contributed by atoms with Gasteiger partial charge in [0.15, 0.2) is 0 Å². The topological polar surface area (TPSA) is 29.5 Å². The molecular weight excluding hydrogens is 226 g/mol. The highest BCUT2D eigenvalue weighted by molar-refractivity contribution is 6.30. The van der Waals surface area contributed by atoms with Crippen LogP contribution < -0.4 is 0 Å². The van der Waals surface area contributed by atoms with Crippen molar-refractivity contribution in [2.24, 2.45) is 0 Å². The lowest BCUT2D eigenvalue weighted by atomic mass is 9.95. The van der Waals surface area contributed by atoms with Gasteiger partial charge in [0.1, 0.15) is 0 Å². The minimum Gasteiger partial charge on any atom is -0.275 e. The third kappa shape index (κ3) is 1.81. The summed E-state index contributed by atoms with van der Waals surface area (Å²) in [6.07, 6.45) is 1.72. The summed E-state index contributed by atoms with van der Waals surface area (Å²) in [7, 11) is 3.12. The molecule has 86 valence electrons. The predicted molar refractivity (Wildman–Crippen MR) is 62.1 cm³/mol. The number of nitrogens with zero attached hydrogens (tertiary/aromatic N) is 1. The molecule has 1 aromatic rings. The largest absolute Gasteiger partial charge is 0.275 e. The van der Waals surface area contributed by atoms with Gasteiger partial charge in [0.05, 0.1) is 12.5 Å². The molecule has 0 radical (unpaired) electrons. The normalized spacial score (nSPS) is 16.9. The molecule has 1 aliphatic rings. The van der Waals surface area contributed by atoms with Crippen LogP contribution in [0.25, 0.3) is 0 Å². The molecule has 0 unspecified atom stereocenters. The van der Waals surface area contributed by atoms with Crippen LogP contribution in [-0.2, 0) is 15.0 Å². The van der Waals surface area contributed by atoms with Gasteiger partial charge in [0.25, 0.3) is 5.91 Å². The molecule has 0 aromatic heterocycles. The standard InChI is InChI=1S/C12H14ClNO2/c1-14(16-2)11(15)12(6-7-12)9-4-3-5-10(13)8-9/h3-5,8H,6-7H2,1-2H3. The highest BCUT2D eigenvalue weighted by atomic mass is 35.5. The van der Waals surface area contributed by atoms with Gasteiger partial charge in [-0.3, -0.25) is 9.63 Å². The maximum atomic E-state index is 12.1. The van der Waals surface area contributed by atoms with Gasteiger partial charge in [0.2, 0.25) is 0 Å². The average molecular weight is 240 g/mol. The predicted octanol–water partition coefficient (Wildman–Crippen LogP) is 2.39. The molecule has 2 rings (SSSR count). The summed E-state index contributed by atoms with van der Waals surface area (Å²) in [6, 6.07) is 7.49. The van der Waals surface area contributed by atoms with Crippen LogP contribution in [0.15, 0.2) is 24.3 Å². The van der Waals surface area contributed by atoms with Crippen molar-refractivity contribution in [3.8, 4) is 0 Å². The number of benzene rings is 1. The lowest BCUT2D eigenvalue weighted by Crippen LogP contribution is -2.35. The summed E-state index contributed by atoms with van der Waals surface area (Å²) >= 11 is 5.94. The fourth-order valence-corrected chi connectivity index (χ4v) is 2.11. The van der Waals surface area contributed by atoms with Crippen molar-refractivity contribution in [2.45, 2.75) is 18.3 Å². The van der Waals surface area contributed by atoms with E-state index in [-0.39, 0.29) is 5.91 Å². The van der Waals surface area contributed by atoms with E-state index >= 15 is 0 Å². The maximum absolute atomic E-state index is 12.1. The number of amides is 1. The molecule has 0 aliphatic heterocycles. The Morgan fingerprint density at radius 2 is 2.19 bits per heavy atom. The van der Waals surface area contributed by atoms with Crippen LogP contribution >= 0.6 is 11.6 Å². The van der Waals surface area contributed by atoms with Crippen LogP contribution in [0.4, 0.5) is 0 Å². The third-order valence-corrected chi connectivity index (χ3v) is 3.33. The second kappa shape index (κ2) is 4.07. The maximum Gasteiger partial charge on any atom is 0.256 e. The molecule has 1 aromatic carbocycles. The van der Waals surface area contributed by atoms with Crippen LogP contribution in [0.3, 0.4) is 0 Å². The van der Waals surface area contributed by atoms with Crippen molar-refractivity contribution in [3.05, 3.63) is 34.9 Å². The van der Waals surface area contributed by atoms with Gasteiger partial charge in [-0.2, -0.15) is 0 Å². The molecule has 1 amide bonds. The first-order valence-corrected chi connectivity index (χ1v) is 5.56. The zero-order valence-electron chi connectivity index (χ0n) is 9.37. The van der Waals surface area contributed by atoms with E-state index in [1.165, 1.54) is 12.2 Å². The van der Waals surface area contributed by atoms with E-state index in [1.54, 1.807) is 7.05 Å². The van der Waals surface area contributed by atoms with Crippen LogP contribution in [0, 0.1) is 0 Å².